The van der Waals surface area contributed by atoms with Gasteiger partial charge in [0.1, 0.15) is 12.9 Å². The Morgan fingerprint density at radius 3 is 2.86 bits per heavy atom. The van der Waals surface area contributed by atoms with Crippen LogP contribution in [0.4, 0.5) is 0 Å². The first-order valence-electron chi connectivity index (χ1n) is 6.47. The number of amides is 1. The number of benzene rings is 1. The van der Waals surface area contributed by atoms with Crippen LogP contribution in [0.2, 0.25) is 5.02 Å². The summed E-state index contributed by atoms with van der Waals surface area (Å²) in [5.41, 5.74) is 0.782. The van der Waals surface area contributed by atoms with Crippen LogP contribution in [0.5, 0.6) is 0 Å². The van der Waals surface area contributed by atoms with Gasteiger partial charge in [0, 0.05) is 11.6 Å². The number of nitrogens with one attached hydrogen (secondary N) is 1. The standard InChI is InChI=1S/C13H14ClN5O3/c1-9(22-12(20)7-19-8-16-17-18-19)13(21)15-6-10-4-2-3-5-11(10)14/h2-5,8-9H,6-7H2,1H3,(H,15,21)/t9-/m1/s1. The van der Waals surface area contributed by atoms with E-state index in [1.807, 2.05) is 6.07 Å². The molecule has 0 saturated carbocycles. The average Bonchev–Trinajstić information content (AvgIpc) is 2.98. The Morgan fingerprint density at radius 2 is 2.18 bits per heavy atom. The van der Waals surface area contributed by atoms with Crippen molar-refractivity contribution in [3.05, 3.63) is 41.2 Å². The number of hydrogen-bond acceptors (Lipinski definition) is 6. The molecule has 0 aliphatic rings. The van der Waals surface area contributed by atoms with Crippen molar-refractivity contribution >= 4 is 23.5 Å². The van der Waals surface area contributed by atoms with Crippen LogP contribution in [-0.4, -0.2) is 38.2 Å². The van der Waals surface area contributed by atoms with Gasteiger partial charge < -0.3 is 10.1 Å². The Labute approximate surface area is 131 Å². The van der Waals surface area contributed by atoms with Gasteiger partial charge in [0.2, 0.25) is 0 Å². The topological polar surface area (TPSA) is 99.0 Å². The summed E-state index contributed by atoms with van der Waals surface area (Å²) >= 11 is 5.99. The summed E-state index contributed by atoms with van der Waals surface area (Å²) in [6, 6.07) is 7.16. The van der Waals surface area contributed by atoms with E-state index in [2.05, 4.69) is 20.8 Å². The van der Waals surface area contributed by atoms with Crippen molar-refractivity contribution in [1.29, 1.82) is 0 Å². The average molecular weight is 324 g/mol. The molecule has 0 spiro atoms. The molecule has 0 aliphatic carbocycles. The predicted octanol–water partition coefficient (Wildman–Crippen LogP) is 0.575. The SMILES string of the molecule is C[C@@H](OC(=O)Cn1cnnn1)C(=O)NCc1ccccc1Cl. The summed E-state index contributed by atoms with van der Waals surface area (Å²) in [6.07, 6.45) is 0.357. The van der Waals surface area contributed by atoms with Crippen molar-refractivity contribution in [3.8, 4) is 0 Å². The molecule has 2 rings (SSSR count). The normalized spacial score (nSPS) is 11.7. The van der Waals surface area contributed by atoms with Crippen LogP contribution < -0.4 is 5.32 Å². The molecule has 0 bridgehead atoms. The van der Waals surface area contributed by atoms with Gasteiger partial charge in [0.25, 0.3) is 5.91 Å². The van der Waals surface area contributed by atoms with E-state index in [1.165, 1.54) is 17.9 Å². The zero-order valence-corrected chi connectivity index (χ0v) is 12.5. The Morgan fingerprint density at radius 1 is 1.41 bits per heavy atom. The van der Waals surface area contributed by atoms with E-state index in [0.717, 1.165) is 5.56 Å². The first kappa shape index (κ1) is 15.9. The number of carbonyl (C=O) groups is 2. The highest BCUT2D eigenvalue weighted by molar-refractivity contribution is 6.31. The third-order valence-corrected chi connectivity index (χ3v) is 3.14. The smallest absolute Gasteiger partial charge is 0.328 e. The fourth-order valence-corrected chi connectivity index (χ4v) is 1.84. The maximum Gasteiger partial charge on any atom is 0.328 e. The third-order valence-electron chi connectivity index (χ3n) is 2.77. The molecule has 0 saturated heterocycles. The van der Waals surface area contributed by atoms with Crippen molar-refractivity contribution in [2.24, 2.45) is 0 Å². The Bertz CT molecular complexity index is 647. The second kappa shape index (κ2) is 7.51. The Hall–Kier alpha value is -2.48. The monoisotopic (exact) mass is 323 g/mol. The van der Waals surface area contributed by atoms with Crippen LogP contribution in [0.1, 0.15) is 12.5 Å². The summed E-state index contributed by atoms with van der Waals surface area (Å²) in [6.45, 7) is 1.59. The van der Waals surface area contributed by atoms with Crippen molar-refractivity contribution in [2.75, 3.05) is 0 Å². The van der Waals surface area contributed by atoms with Crippen LogP contribution in [-0.2, 0) is 27.4 Å². The van der Waals surface area contributed by atoms with E-state index < -0.39 is 18.0 Å². The number of hydrogen-bond donors (Lipinski definition) is 1. The fraction of sp³-hybridized carbons (Fsp3) is 0.308. The molecule has 2 aromatic rings. The molecule has 1 aromatic carbocycles. The van der Waals surface area contributed by atoms with Gasteiger partial charge in [-0.1, -0.05) is 29.8 Å². The number of ether oxygens (including phenoxy) is 1. The van der Waals surface area contributed by atoms with E-state index in [9.17, 15) is 9.59 Å². The zero-order chi connectivity index (χ0) is 15.9. The van der Waals surface area contributed by atoms with Gasteiger partial charge >= 0.3 is 5.97 Å². The van der Waals surface area contributed by atoms with Gasteiger partial charge in [-0.15, -0.1) is 5.10 Å². The highest BCUT2D eigenvalue weighted by atomic mass is 35.5. The molecule has 1 atom stereocenters. The van der Waals surface area contributed by atoms with Crippen LogP contribution >= 0.6 is 11.6 Å². The molecule has 1 heterocycles. The third kappa shape index (κ3) is 4.52. The number of tetrazole rings is 1. The van der Waals surface area contributed by atoms with E-state index in [-0.39, 0.29) is 13.1 Å². The molecule has 8 nitrogen and oxygen atoms in total. The molecule has 0 radical (unpaired) electrons. The molecule has 0 aliphatic heterocycles. The Balaban J connectivity index is 1.79. The van der Waals surface area contributed by atoms with Gasteiger partial charge in [-0.3, -0.25) is 9.59 Å². The number of nitrogens with zero attached hydrogens (tertiary/aromatic N) is 4. The molecular formula is C13H14ClN5O3. The molecule has 9 heteroatoms. The molecule has 1 N–H and O–H groups in total. The van der Waals surface area contributed by atoms with Gasteiger partial charge in [0.05, 0.1) is 0 Å². The summed E-state index contributed by atoms with van der Waals surface area (Å²) in [4.78, 5) is 23.5. The largest absolute Gasteiger partial charge is 0.451 e. The molecular weight excluding hydrogens is 310 g/mol. The predicted molar refractivity (Wildman–Crippen MR) is 76.7 cm³/mol. The molecule has 116 valence electrons. The lowest BCUT2D eigenvalue weighted by atomic mass is 10.2. The maximum absolute atomic E-state index is 11.9. The van der Waals surface area contributed by atoms with Crippen molar-refractivity contribution < 1.29 is 14.3 Å². The minimum Gasteiger partial charge on any atom is -0.451 e. The van der Waals surface area contributed by atoms with Crippen LogP contribution in [0.25, 0.3) is 0 Å². The second-order valence-corrected chi connectivity index (χ2v) is 4.86. The quantitative estimate of drug-likeness (QED) is 0.780. The highest BCUT2D eigenvalue weighted by Gasteiger charge is 2.18. The highest BCUT2D eigenvalue weighted by Crippen LogP contribution is 2.14. The number of halogens is 1. The van der Waals surface area contributed by atoms with Crippen LogP contribution in [0.3, 0.4) is 0 Å². The summed E-state index contributed by atoms with van der Waals surface area (Å²) in [5.74, 6) is -1.02. The lowest BCUT2D eigenvalue weighted by Gasteiger charge is -2.13. The second-order valence-electron chi connectivity index (χ2n) is 4.45. The Kier molecular flexibility index (Phi) is 5.42. The van der Waals surface area contributed by atoms with E-state index in [1.54, 1.807) is 18.2 Å². The van der Waals surface area contributed by atoms with Crippen molar-refractivity contribution in [2.45, 2.75) is 26.1 Å². The summed E-state index contributed by atoms with van der Waals surface area (Å²) in [7, 11) is 0. The van der Waals surface area contributed by atoms with Crippen LogP contribution in [0, 0.1) is 0 Å². The number of carbonyl (C=O) groups excluding carboxylic acids is 2. The van der Waals surface area contributed by atoms with E-state index >= 15 is 0 Å². The number of rotatable bonds is 6. The summed E-state index contributed by atoms with van der Waals surface area (Å²) in [5, 5.41) is 13.5. The van der Waals surface area contributed by atoms with Crippen LogP contribution in [0.15, 0.2) is 30.6 Å². The van der Waals surface area contributed by atoms with Gasteiger partial charge in [-0.2, -0.15) is 0 Å². The number of aromatic nitrogens is 4. The molecule has 0 fully saturated rings. The molecule has 1 amide bonds. The van der Waals surface area contributed by atoms with Gasteiger partial charge in [-0.25, -0.2) is 4.68 Å². The first-order chi connectivity index (χ1) is 10.6. The van der Waals surface area contributed by atoms with Crippen molar-refractivity contribution in [1.82, 2.24) is 25.5 Å². The summed E-state index contributed by atoms with van der Waals surface area (Å²) < 4.78 is 6.21. The fourth-order valence-electron chi connectivity index (χ4n) is 1.64. The van der Waals surface area contributed by atoms with Gasteiger partial charge in [-0.05, 0) is 29.0 Å². The lowest BCUT2D eigenvalue weighted by molar-refractivity contribution is -0.155. The first-order valence-corrected chi connectivity index (χ1v) is 6.85. The zero-order valence-electron chi connectivity index (χ0n) is 11.8. The minimum absolute atomic E-state index is 0.158. The minimum atomic E-state index is -0.925. The molecule has 1 aromatic heterocycles. The van der Waals surface area contributed by atoms with E-state index in [4.69, 9.17) is 16.3 Å². The lowest BCUT2D eigenvalue weighted by Crippen LogP contribution is -2.36. The van der Waals surface area contributed by atoms with Gasteiger partial charge in [0.15, 0.2) is 6.10 Å². The maximum atomic E-state index is 11.9. The molecule has 22 heavy (non-hydrogen) atoms. The van der Waals surface area contributed by atoms with Crippen molar-refractivity contribution in [3.63, 3.8) is 0 Å². The van der Waals surface area contributed by atoms with E-state index in [0.29, 0.717) is 5.02 Å². The number of esters is 1. The molecule has 0 unspecified atom stereocenters.